The second-order valence-electron chi connectivity index (χ2n) is 8.39. The molecule has 0 atom stereocenters. The molecule has 0 radical (unpaired) electrons. The Balaban J connectivity index is 2.25. The molecule has 0 aliphatic carbocycles. The molecule has 0 saturated carbocycles. The lowest BCUT2D eigenvalue weighted by molar-refractivity contribution is 0.838. The molecule has 3 aromatic rings. The molecule has 0 unspecified atom stereocenters. The lowest BCUT2D eigenvalue weighted by atomic mass is 10.3. The molecule has 0 aliphatic rings. The molecule has 0 bridgehead atoms. The standard InChI is InChI=1S/C24H29BrN2Si/c1-17(2)28(18(3)4,19(5)6)15-14-24-26-22-12-7-8-13-23(22)27(24)21-11-9-10-20(25)16-21/h7-13,16-19H,1-6H3. The summed E-state index contributed by atoms with van der Waals surface area (Å²) in [5.74, 6) is 4.39. The summed E-state index contributed by atoms with van der Waals surface area (Å²) in [5, 5.41) is 0. The van der Waals surface area contributed by atoms with Crippen molar-refractivity contribution in [3.63, 3.8) is 0 Å². The zero-order valence-electron chi connectivity index (χ0n) is 17.6. The molecular weight excluding hydrogens is 424 g/mol. The van der Waals surface area contributed by atoms with Crippen molar-refractivity contribution >= 4 is 35.0 Å². The van der Waals surface area contributed by atoms with Gasteiger partial charge in [0.05, 0.1) is 11.0 Å². The summed E-state index contributed by atoms with van der Waals surface area (Å²) in [6, 6.07) is 16.6. The van der Waals surface area contributed by atoms with Crippen molar-refractivity contribution in [3.05, 3.63) is 58.8 Å². The normalized spacial score (nSPS) is 12.1. The van der Waals surface area contributed by atoms with Crippen molar-refractivity contribution in [1.29, 1.82) is 0 Å². The van der Waals surface area contributed by atoms with E-state index in [2.05, 4.69) is 110 Å². The number of nitrogens with zero attached hydrogens (tertiary/aromatic N) is 2. The number of para-hydroxylation sites is 2. The first-order valence-electron chi connectivity index (χ1n) is 10.0. The third kappa shape index (κ3) is 3.71. The topological polar surface area (TPSA) is 17.8 Å². The Morgan fingerprint density at radius 2 is 1.54 bits per heavy atom. The predicted molar refractivity (Wildman–Crippen MR) is 127 cm³/mol. The van der Waals surface area contributed by atoms with Gasteiger partial charge in [-0.1, -0.05) is 75.7 Å². The number of fused-ring (bicyclic) bond motifs is 1. The predicted octanol–water partition coefficient (Wildman–Crippen LogP) is 7.36. The van der Waals surface area contributed by atoms with Crippen LogP contribution in [-0.2, 0) is 0 Å². The van der Waals surface area contributed by atoms with E-state index < -0.39 is 8.07 Å². The van der Waals surface area contributed by atoms with Crippen LogP contribution in [0.5, 0.6) is 0 Å². The Labute approximate surface area is 178 Å². The zero-order valence-corrected chi connectivity index (χ0v) is 20.2. The first-order valence-corrected chi connectivity index (χ1v) is 13.1. The van der Waals surface area contributed by atoms with Crippen LogP contribution in [0.4, 0.5) is 0 Å². The van der Waals surface area contributed by atoms with Crippen LogP contribution in [0.2, 0.25) is 16.6 Å². The van der Waals surface area contributed by atoms with E-state index in [1.165, 1.54) is 0 Å². The SMILES string of the molecule is CC(C)[Si](C#Cc1nc2ccccc2n1-c1cccc(Br)c1)(C(C)C)C(C)C. The molecule has 2 nitrogen and oxygen atoms in total. The molecule has 1 aromatic heterocycles. The second kappa shape index (κ2) is 8.27. The highest BCUT2D eigenvalue weighted by molar-refractivity contribution is 9.10. The Morgan fingerprint density at radius 1 is 0.893 bits per heavy atom. The Morgan fingerprint density at radius 3 is 2.14 bits per heavy atom. The molecule has 3 rings (SSSR count). The third-order valence-corrected chi connectivity index (χ3v) is 12.7. The summed E-state index contributed by atoms with van der Waals surface area (Å²) < 4.78 is 3.24. The average molecular weight is 454 g/mol. The van der Waals surface area contributed by atoms with E-state index in [1.807, 2.05) is 12.1 Å². The van der Waals surface area contributed by atoms with Gasteiger partial charge in [0, 0.05) is 10.2 Å². The quantitative estimate of drug-likeness (QED) is 0.298. The Kier molecular flexibility index (Phi) is 6.17. The molecular formula is C24H29BrN2Si. The maximum Gasteiger partial charge on any atom is 0.190 e. The number of rotatable bonds is 4. The number of hydrogen-bond acceptors (Lipinski definition) is 1. The molecule has 2 aromatic carbocycles. The molecule has 0 fully saturated rings. The van der Waals surface area contributed by atoms with Gasteiger partial charge in [-0.3, -0.25) is 4.57 Å². The van der Waals surface area contributed by atoms with Crippen LogP contribution in [0, 0.1) is 11.5 Å². The second-order valence-corrected chi connectivity index (χ2v) is 14.9. The first kappa shape index (κ1) is 20.9. The Bertz CT molecular complexity index is 1020. The van der Waals surface area contributed by atoms with Crippen LogP contribution in [0.25, 0.3) is 16.7 Å². The van der Waals surface area contributed by atoms with Gasteiger partial charge in [-0.25, -0.2) is 4.98 Å². The van der Waals surface area contributed by atoms with Crippen molar-refractivity contribution in [1.82, 2.24) is 9.55 Å². The van der Waals surface area contributed by atoms with Crippen molar-refractivity contribution in [3.8, 4) is 17.2 Å². The molecule has 1 heterocycles. The van der Waals surface area contributed by atoms with E-state index in [-0.39, 0.29) is 0 Å². The van der Waals surface area contributed by atoms with Gasteiger partial charge in [0.1, 0.15) is 8.07 Å². The fourth-order valence-electron chi connectivity index (χ4n) is 4.58. The van der Waals surface area contributed by atoms with Crippen molar-refractivity contribution < 1.29 is 0 Å². The fourth-order valence-corrected chi connectivity index (χ4v) is 10.2. The molecule has 0 saturated heterocycles. The van der Waals surface area contributed by atoms with Gasteiger partial charge in [0.25, 0.3) is 0 Å². The summed E-state index contributed by atoms with van der Waals surface area (Å²) in [7, 11) is -1.82. The van der Waals surface area contributed by atoms with Crippen LogP contribution in [0.3, 0.4) is 0 Å². The lowest BCUT2D eigenvalue weighted by Gasteiger charge is -2.38. The molecule has 28 heavy (non-hydrogen) atoms. The average Bonchev–Trinajstić information content (AvgIpc) is 2.99. The van der Waals surface area contributed by atoms with Crippen LogP contribution in [0.15, 0.2) is 53.0 Å². The van der Waals surface area contributed by atoms with Crippen molar-refractivity contribution in [2.75, 3.05) is 0 Å². The maximum absolute atomic E-state index is 4.90. The number of imidazole rings is 1. The smallest absolute Gasteiger partial charge is 0.190 e. The van der Waals surface area contributed by atoms with Gasteiger partial charge in [-0.15, -0.1) is 5.54 Å². The third-order valence-electron chi connectivity index (χ3n) is 5.88. The highest BCUT2D eigenvalue weighted by Crippen LogP contribution is 2.40. The Hall–Kier alpha value is -1.83. The molecule has 0 spiro atoms. The molecule has 0 aliphatic heterocycles. The highest BCUT2D eigenvalue weighted by Gasteiger charge is 2.41. The van der Waals surface area contributed by atoms with Gasteiger partial charge in [-0.05, 0) is 52.9 Å². The van der Waals surface area contributed by atoms with Gasteiger partial charge in [0.15, 0.2) is 5.82 Å². The van der Waals surface area contributed by atoms with Gasteiger partial charge >= 0.3 is 0 Å². The summed E-state index contributed by atoms with van der Waals surface area (Å²) in [6.45, 7) is 14.1. The van der Waals surface area contributed by atoms with Crippen LogP contribution >= 0.6 is 15.9 Å². The van der Waals surface area contributed by atoms with Gasteiger partial charge in [-0.2, -0.15) is 0 Å². The number of benzene rings is 2. The van der Waals surface area contributed by atoms with Gasteiger partial charge < -0.3 is 0 Å². The summed E-state index contributed by atoms with van der Waals surface area (Å²) >= 11 is 3.60. The molecule has 146 valence electrons. The van der Waals surface area contributed by atoms with E-state index in [9.17, 15) is 0 Å². The van der Waals surface area contributed by atoms with E-state index in [0.29, 0.717) is 16.6 Å². The minimum Gasteiger partial charge on any atom is -0.286 e. The van der Waals surface area contributed by atoms with Crippen molar-refractivity contribution in [2.45, 2.75) is 58.2 Å². The summed E-state index contributed by atoms with van der Waals surface area (Å²) in [6.07, 6.45) is 0. The number of hydrogen-bond donors (Lipinski definition) is 0. The van der Waals surface area contributed by atoms with Crippen LogP contribution in [0.1, 0.15) is 47.4 Å². The van der Waals surface area contributed by atoms with E-state index >= 15 is 0 Å². The zero-order chi connectivity index (χ0) is 20.5. The first-order chi connectivity index (χ1) is 13.3. The highest BCUT2D eigenvalue weighted by atomic mass is 79.9. The van der Waals surface area contributed by atoms with Gasteiger partial charge in [0.2, 0.25) is 0 Å². The van der Waals surface area contributed by atoms with Crippen LogP contribution < -0.4 is 0 Å². The monoisotopic (exact) mass is 452 g/mol. The summed E-state index contributed by atoms with van der Waals surface area (Å²) in [4.78, 5) is 4.90. The fraction of sp³-hybridized carbons (Fsp3) is 0.375. The minimum atomic E-state index is -1.82. The van der Waals surface area contributed by atoms with Crippen molar-refractivity contribution in [2.24, 2.45) is 0 Å². The number of aromatic nitrogens is 2. The number of halogens is 1. The van der Waals surface area contributed by atoms with E-state index in [0.717, 1.165) is 27.0 Å². The minimum absolute atomic E-state index is 0.601. The summed E-state index contributed by atoms with van der Waals surface area (Å²) in [5.41, 5.74) is 8.79. The largest absolute Gasteiger partial charge is 0.286 e. The van der Waals surface area contributed by atoms with E-state index in [4.69, 9.17) is 4.98 Å². The van der Waals surface area contributed by atoms with E-state index in [1.54, 1.807) is 0 Å². The lowest BCUT2D eigenvalue weighted by Crippen LogP contribution is -2.43. The molecule has 0 amide bonds. The molecule has 4 heteroatoms. The van der Waals surface area contributed by atoms with Crippen LogP contribution in [-0.4, -0.2) is 17.6 Å². The maximum atomic E-state index is 4.90. The molecule has 0 N–H and O–H groups in total.